The summed E-state index contributed by atoms with van der Waals surface area (Å²) in [5.41, 5.74) is 1.27. The minimum Gasteiger partial charge on any atom is -0.432 e. The fourth-order valence-corrected chi connectivity index (χ4v) is 2.28. The maximum absolute atomic E-state index is 11.4. The van der Waals surface area contributed by atoms with E-state index >= 15 is 0 Å². The first kappa shape index (κ1) is 13.0. The van der Waals surface area contributed by atoms with Crippen LogP contribution in [0, 0.1) is 0 Å². The molecule has 6 nitrogen and oxygen atoms in total. The van der Waals surface area contributed by atoms with Gasteiger partial charge in [-0.2, -0.15) is 0 Å². The predicted octanol–water partition coefficient (Wildman–Crippen LogP) is 2.01. The van der Waals surface area contributed by atoms with E-state index in [1.165, 1.54) is 0 Å². The number of para-hydroxylation sites is 1. The Bertz CT molecular complexity index is 532. The van der Waals surface area contributed by atoms with Gasteiger partial charge in [0, 0.05) is 5.75 Å². The zero-order valence-electron chi connectivity index (χ0n) is 9.61. The lowest BCUT2D eigenvalue weighted by atomic mass is 10.3. The van der Waals surface area contributed by atoms with E-state index in [1.807, 2.05) is 18.4 Å². The van der Waals surface area contributed by atoms with Crippen LogP contribution in [-0.4, -0.2) is 39.9 Å². The zero-order valence-corrected chi connectivity index (χ0v) is 11.2. The third-order valence-electron chi connectivity index (χ3n) is 1.99. The molecule has 0 bridgehead atoms. The molecule has 0 fully saturated rings. The highest BCUT2D eigenvalue weighted by Gasteiger charge is 2.10. The largest absolute Gasteiger partial charge is 0.535 e. The topological polar surface area (TPSA) is 66.2 Å². The summed E-state index contributed by atoms with van der Waals surface area (Å²) in [6, 6.07) is 7.18. The van der Waals surface area contributed by atoms with E-state index < -0.39 is 6.16 Å². The van der Waals surface area contributed by atoms with Crippen molar-refractivity contribution in [2.45, 2.75) is 0 Å². The SMILES string of the molecule is CSSCCOC(=O)On1nnc2ccccc21. The number of carbonyl (C=O) groups is 1. The molecule has 0 aliphatic rings. The second-order valence-corrected chi connectivity index (χ2v) is 5.81. The van der Waals surface area contributed by atoms with Crippen molar-refractivity contribution in [3.8, 4) is 0 Å². The Kier molecular flexibility index (Phi) is 4.71. The number of hydrogen-bond donors (Lipinski definition) is 0. The molecule has 0 atom stereocenters. The Morgan fingerprint density at radius 3 is 3.11 bits per heavy atom. The van der Waals surface area contributed by atoms with E-state index in [9.17, 15) is 4.79 Å². The van der Waals surface area contributed by atoms with Crippen LogP contribution in [0.5, 0.6) is 0 Å². The van der Waals surface area contributed by atoms with E-state index in [0.717, 1.165) is 4.85 Å². The number of carbonyl (C=O) groups excluding carboxylic acids is 1. The number of nitrogens with zero attached hydrogens (tertiary/aromatic N) is 3. The Balaban J connectivity index is 1.91. The fraction of sp³-hybridized carbons (Fsp3) is 0.300. The summed E-state index contributed by atoms with van der Waals surface area (Å²) < 4.78 is 4.88. The van der Waals surface area contributed by atoms with Gasteiger partial charge in [0.15, 0.2) is 0 Å². The minimum atomic E-state index is -0.785. The van der Waals surface area contributed by atoms with E-state index in [1.54, 1.807) is 33.7 Å². The summed E-state index contributed by atoms with van der Waals surface area (Å²) in [5.74, 6) is 0.717. The molecule has 1 aromatic carbocycles. The van der Waals surface area contributed by atoms with E-state index in [-0.39, 0.29) is 0 Å². The van der Waals surface area contributed by atoms with Crippen LogP contribution < -0.4 is 4.84 Å². The normalized spacial score (nSPS) is 10.5. The van der Waals surface area contributed by atoms with Gasteiger partial charge >= 0.3 is 6.16 Å². The van der Waals surface area contributed by atoms with E-state index in [2.05, 4.69) is 10.3 Å². The lowest BCUT2D eigenvalue weighted by Crippen LogP contribution is -2.22. The molecule has 0 aliphatic heterocycles. The molecule has 0 unspecified atom stereocenters. The molecular formula is C10H11N3O3S2. The lowest BCUT2D eigenvalue weighted by molar-refractivity contribution is 0.0434. The highest BCUT2D eigenvalue weighted by Crippen LogP contribution is 2.15. The smallest absolute Gasteiger partial charge is 0.432 e. The fourth-order valence-electron chi connectivity index (χ4n) is 1.25. The van der Waals surface area contributed by atoms with Gasteiger partial charge in [0.05, 0.1) is 0 Å². The van der Waals surface area contributed by atoms with Crippen LogP contribution in [0.2, 0.25) is 0 Å². The Morgan fingerprint density at radius 1 is 1.44 bits per heavy atom. The monoisotopic (exact) mass is 285 g/mol. The summed E-state index contributed by atoms with van der Waals surface area (Å²) in [4.78, 5) is 17.3. The maximum atomic E-state index is 11.4. The van der Waals surface area contributed by atoms with E-state index in [0.29, 0.717) is 23.4 Å². The molecule has 0 N–H and O–H groups in total. The number of aromatic nitrogens is 3. The van der Waals surface area contributed by atoms with Crippen molar-refractivity contribution in [1.29, 1.82) is 0 Å². The van der Waals surface area contributed by atoms with Crippen molar-refractivity contribution in [1.82, 2.24) is 15.2 Å². The third kappa shape index (κ3) is 3.30. The molecule has 0 spiro atoms. The molecule has 2 aromatic rings. The number of fused-ring (bicyclic) bond motifs is 1. The zero-order chi connectivity index (χ0) is 12.8. The van der Waals surface area contributed by atoms with Crippen molar-refractivity contribution in [3.63, 3.8) is 0 Å². The molecule has 0 amide bonds. The van der Waals surface area contributed by atoms with Gasteiger partial charge in [-0.15, -0.1) is 5.10 Å². The Morgan fingerprint density at radius 2 is 2.28 bits per heavy atom. The number of hydrogen-bond acceptors (Lipinski definition) is 7. The van der Waals surface area contributed by atoms with Crippen LogP contribution in [-0.2, 0) is 4.74 Å². The molecule has 2 rings (SSSR count). The van der Waals surface area contributed by atoms with Gasteiger partial charge in [0.25, 0.3) is 0 Å². The third-order valence-corrected chi connectivity index (χ3v) is 3.76. The summed E-state index contributed by atoms with van der Waals surface area (Å²) >= 11 is 0. The molecule has 96 valence electrons. The minimum absolute atomic E-state index is 0.303. The lowest BCUT2D eigenvalue weighted by Gasteiger charge is -2.04. The van der Waals surface area contributed by atoms with E-state index in [4.69, 9.17) is 9.57 Å². The van der Waals surface area contributed by atoms with Crippen molar-refractivity contribution in [2.24, 2.45) is 0 Å². The summed E-state index contributed by atoms with van der Waals surface area (Å²) in [5, 5.41) is 7.57. The van der Waals surface area contributed by atoms with Crippen LogP contribution in [0.15, 0.2) is 24.3 Å². The van der Waals surface area contributed by atoms with Gasteiger partial charge in [-0.05, 0) is 23.6 Å². The highest BCUT2D eigenvalue weighted by molar-refractivity contribution is 8.76. The van der Waals surface area contributed by atoms with Gasteiger partial charge in [0.2, 0.25) is 0 Å². The van der Waals surface area contributed by atoms with Crippen molar-refractivity contribution in [3.05, 3.63) is 24.3 Å². The molecule has 8 heteroatoms. The van der Waals surface area contributed by atoms with Crippen molar-refractivity contribution in [2.75, 3.05) is 18.6 Å². The maximum Gasteiger partial charge on any atom is 0.535 e. The molecule has 18 heavy (non-hydrogen) atoms. The number of benzene rings is 1. The van der Waals surface area contributed by atoms with Gasteiger partial charge in [-0.3, -0.25) is 4.84 Å². The summed E-state index contributed by atoms with van der Waals surface area (Å²) in [6.45, 7) is 0.303. The molecule has 1 heterocycles. The summed E-state index contributed by atoms with van der Waals surface area (Å²) in [6.07, 6.45) is 1.18. The first-order valence-electron chi connectivity index (χ1n) is 5.12. The van der Waals surface area contributed by atoms with Crippen LogP contribution in [0.25, 0.3) is 11.0 Å². The van der Waals surface area contributed by atoms with Crippen LogP contribution in [0.1, 0.15) is 0 Å². The second kappa shape index (κ2) is 6.50. The average molecular weight is 285 g/mol. The first-order chi connectivity index (χ1) is 8.81. The number of rotatable bonds is 5. The molecule has 0 aliphatic carbocycles. The van der Waals surface area contributed by atoms with Gasteiger partial charge in [0.1, 0.15) is 17.6 Å². The number of ether oxygens (including phenoxy) is 1. The molecular weight excluding hydrogens is 274 g/mol. The molecule has 1 aromatic heterocycles. The van der Waals surface area contributed by atoms with Crippen molar-refractivity contribution < 1.29 is 14.4 Å². The molecule has 0 saturated heterocycles. The first-order valence-corrected chi connectivity index (χ1v) is 7.85. The quantitative estimate of drug-likeness (QED) is 0.360. The second-order valence-electron chi connectivity index (χ2n) is 3.13. The Labute approximate surface area is 111 Å². The summed E-state index contributed by atoms with van der Waals surface area (Å²) in [7, 11) is 3.23. The average Bonchev–Trinajstić information content (AvgIpc) is 2.78. The van der Waals surface area contributed by atoms with Crippen molar-refractivity contribution >= 4 is 38.8 Å². The van der Waals surface area contributed by atoms with Crippen LogP contribution in [0.4, 0.5) is 4.79 Å². The Hall–Kier alpha value is -1.41. The van der Waals surface area contributed by atoms with Gasteiger partial charge in [-0.25, -0.2) is 4.79 Å². The predicted molar refractivity (Wildman–Crippen MR) is 71.4 cm³/mol. The van der Waals surface area contributed by atoms with Gasteiger partial charge in [-0.1, -0.05) is 38.6 Å². The standard InChI is InChI=1S/C10H11N3O3S2/c1-17-18-7-6-15-10(14)16-13-9-5-3-2-4-8(9)11-12-13/h2-5H,6-7H2,1H3. The van der Waals surface area contributed by atoms with Crippen LogP contribution >= 0.6 is 21.6 Å². The molecule has 0 radical (unpaired) electrons. The van der Waals surface area contributed by atoms with Crippen LogP contribution in [0.3, 0.4) is 0 Å². The molecule has 0 saturated carbocycles. The highest BCUT2D eigenvalue weighted by atomic mass is 33.1. The van der Waals surface area contributed by atoms with Gasteiger partial charge < -0.3 is 4.74 Å².